The Morgan fingerprint density at radius 2 is 2.33 bits per heavy atom. The van der Waals surface area contributed by atoms with Crippen LogP contribution in [0.1, 0.15) is 26.2 Å². The van der Waals surface area contributed by atoms with Crippen LogP contribution in [0.25, 0.3) is 0 Å². The summed E-state index contributed by atoms with van der Waals surface area (Å²) in [4.78, 5) is 5.44. The van der Waals surface area contributed by atoms with Crippen LogP contribution >= 0.6 is 0 Å². The summed E-state index contributed by atoms with van der Waals surface area (Å²) in [7, 11) is 1.95. The lowest BCUT2D eigenvalue weighted by atomic mass is 10.1. The molecule has 1 heterocycles. The highest BCUT2D eigenvalue weighted by Crippen LogP contribution is 2.12. The first-order chi connectivity index (χ1) is 5.83. The topological polar surface area (TPSA) is 21.7 Å². The third kappa shape index (κ3) is 3.52. The molecule has 1 aliphatic rings. The maximum atomic E-state index is 5.52. The first-order valence-electron chi connectivity index (χ1n) is 4.78. The van der Waals surface area contributed by atoms with Gasteiger partial charge in [0, 0.05) is 20.2 Å². The molecule has 1 rings (SSSR count). The van der Waals surface area contributed by atoms with Crippen LogP contribution in [0.15, 0.2) is 0 Å². The average Bonchev–Trinajstić information content (AvgIpc) is 2.16. The van der Waals surface area contributed by atoms with Crippen LogP contribution in [0.2, 0.25) is 0 Å². The van der Waals surface area contributed by atoms with Gasteiger partial charge in [-0.1, -0.05) is 6.92 Å². The molecule has 3 nitrogen and oxygen atoms in total. The van der Waals surface area contributed by atoms with Crippen molar-refractivity contribution >= 4 is 0 Å². The van der Waals surface area contributed by atoms with Gasteiger partial charge in [-0.25, -0.2) is 0 Å². The molecular formula is C9H19NO2. The zero-order chi connectivity index (χ0) is 8.81. The lowest BCUT2D eigenvalue weighted by molar-refractivity contribution is -0.172. The first kappa shape index (κ1) is 9.96. The monoisotopic (exact) mass is 173 g/mol. The molecule has 0 N–H and O–H groups in total. The summed E-state index contributed by atoms with van der Waals surface area (Å²) >= 11 is 0. The van der Waals surface area contributed by atoms with E-state index >= 15 is 0 Å². The number of hydrogen-bond acceptors (Lipinski definition) is 3. The molecule has 0 saturated carbocycles. The van der Waals surface area contributed by atoms with E-state index in [0.29, 0.717) is 12.7 Å². The van der Waals surface area contributed by atoms with E-state index in [2.05, 4.69) is 6.92 Å². The van der Waals surface area contributed by atoms with Crippen LogP contribution in [-0.4, -0.2) is 38.0 Å². The van der Waals surface area contributed by atoms with Gasteiger partial charge in [0.2, 0.25) is 0 Å². The fraction of sp³-hybridized carbons (Fsp3) is 1.00. The molecular weight excluding hydrogens is 154 g/mol. The number of ether oxygens (including phenoxy) is 1. The van der Waals surface area contributed by atoms with Gasteiger partial charge in [0.15, 0.2) is 0 Å². The molecule has 72 valence electrons. The van der Waals surface area contributed by atoms with Gasteiger partial charge in [0.1, 0.15) is 0 Å². The van der Waals surface area contributed by atoms with Crippen LogP contribution < -0.4 is 0 Å². The summed E-state index contributed by atoms with van der Waals surface area (Å²) in [6, 6.07) is 0. The first-order valence-corrected chi connectivity index (χ1v) is 4.78. The van der Waals surface area contributed by atoms with Crippen molar-refractivity contribution in [2.24, 2.45) is 0 Å². The largest absolute Gasteiger partial charge is 0.376 e. The summed E-state index contributed by atoms with van der Waals surface area (Å²) in [5, 5.41) is 1.85. The van der Waals surface area contributed by atoms with Gasteiger partial charge in [-0.3, -0.25) is 4.84 Å². The Labute approximate surface area is 74.6 Å². The van der Waals surface area contributed by atoms with Gasteiger partial charge in [0.05, 0.1) is 12.7 Å². The van der Waals surface area contributed by atoms with Crippen molar-refractivity contribution in [1.82, 2.24) is 5.06 Å². The Morgan fingerprint density at radius 3 is 2.92 bits per heavy atom. The van der Waals surface area contributed by atoms with E-state index in [9.17, 15) is 0 Å². The van der Waals surface area contributed by atoms with Gasteiger partial charge >= 0.3 is 0 Å². The van der Waals surface area contributed by atoms with Gasteiger partial charge in [-0.15, -0.1) is 0 Å². The number of hydroxylamine groups is 2. The SMILES string of the molecule is CCN(C)OCC1CCCCO1. The average molecular weight is 173 g/mol. The molecule has 0 aromatic heterocycles. The third-order valence-corrected chi connectivity index (χ3v) is 2.20. The van der Waals surface area contributed by atoms with Crippen molar-refractivity contribution < 1.29 is 9.57 Å². The van der Waals surface area contributed by atoms with Gasteiger partial charge in [-0.2, -0.15) is 5.06 Å². The van der Waals surface area contributed by atoms with Crippen LogP contribution in [0.4, 0.5) is 0 Å². The van der Waals surface area contributed by atoms with E-state index in [1.54, 1.807) is 0 Å². The number of rotatable bonds is 4. The molecule has 1 aliphatic heterocycles. The minimum absolute atomic E-state index is 0.327. The zero-order valence-electron chi connectivity index (χ0n) is 8.08. The second kappa shape index (κ2) is 5.51. The Morgan fingerprint density at radius 1 is 1.50 bits per heavy atom. The van der Waals surface area contributed by atoms with Crippen molar-refractivity contribution in [2.75, 3.05) is 26.8 Å². The molecule has 0 radical (unpaired) electrons. The van der Waals surface area contributed by atoms with Crippen molar-refractivity contribution in [3.63, 3.8) is 0 Å². The smallest absolute Gasteiger partial charge is 0.0947 e. The van der Waals surface area contributed by atoms with Gasteiger partial charge < -0.3 is 4.74 Å². The van der Waals surface area contributed by atoms with Crippen molar-refractivity contribution in [2.45, 2.75) is 32.3 Å². The Hall–Kier alpha value is -0.120. The quantitative estimate of drug-likeness (QED) is 0.600. The number of nitrogens with zero attached hydrogens (tertiary/aromatic N) is 1. The molecule has 12 heavy (non-hydrogen) atoms. The standard InChI is InChI=1S/C9H19NO2/c1-3-10(2)12-8-9-6-4-5-7-11-9/h9H,3-8H2,1-2H3. The van der Waals surface area contributed by atoms with Crippen LogP contribution in [0.5, 0.6) is 0 Å². The minimum atomic E-state index is 0.327. The van der Waals surface area contributed by atoms with Gasteiger partial charge in [-0.05, 0) is 19.3 Å². The van der Waals surface area contributed by atoms with E-state index in [0.717, 1.165) is 19.6 Å². The molecule has 1 atom stereocenters. The zero-order valence-corrected chi connectivity index (χ0v) is 8.08. The molecule has 1 saturated heterocycles. The second-order valence-corrected chi connectivity index (χ2v) is 3.23. The highest BCUT2D eigenvalue weighted by molar-refractivity contribution is 4.61. The van der Waals surface area contributed by atoms with E-state index in [1.807, 2.05) is 12.1 Å². The van der Waals surface area contributed by atoms with Crippen LogP contribution in [0.3, 0.4) is 0 Å². The predicted octanol–water partition coefficient (Wildman–Crippen LogP) is 1.44. The molecule has 0 bridgehead atoms. The number of hydrogen-bond donors (Lipinski definition) is 0. The van der Waals surface area contributed by atoms with E-state index in [-0.39, 0.29) is 0 Å². The fourth-order valence-corrected chi connectivity index (χ4v) is 1.24. The molecule has 1 unspecified atom stereocenters. The summed E-state index contributed by atoms with van der Waals surface area (Å²) in [5.41, 5.74) is 0. The fourth-order valence-electron chi connectivity index (χ4n) is 1.24. The normalized spacial score (nSPS) is 24.8. The molecule has 0 aromatic carbocycles. The van der Waals surface area contributed by atoms with Crippen molar-refractivity contribution in [3.05, 3.63) is 0 Å². The lowest BCUT2D eigenvalue weighted by Crippen LogP contribution is -2.29. The van der Waals surface area contributed by atoms with Crippen molar-refractivity contribution in [1.29, 1.82) is 0 Å². The summed E-state index contributed by atoms with van der Waals surface area (Å²) in [5.74, 6) is 0. The van der Waals surface area contributed by atoms with E-state index in [1.165, 1.54) is 12.8 Å². The molecule has 0 amide bonds. The second-order valence-electron chi connectivity index (χ2n) is 3.23. The minimum Gasteiger partial charge on any atom is -0.376 e. The predicted molar refractivity (Wildman–Crippen MR) is 47.8 cm³/mol. The molecule has 3 heteroatoms. The van der Waals surface area contributed by atoms with Crippen LogP contribution in [-0.2, 0) is 9.57 Å². The molecule has 0 spiro atoms. The van der Waals surface area contributed by atoms with E-state index < -0.39 is 0 Å². The maximum Gasteiger partial charge on any atom is 0.0947 e. The Kier molecular flexibility index (Phi) is 4.58. The van der Waals surface area contributed by atoms with Gasteiger partial charge in [0.25, 0.3) is 0 Å². The van der Waals surface area contributed by atoms with Crippen molar-refractivity contribution in [3.8, 4) is 0 Å². The van der Waals surface area contributed by atoms with Crippen LogP contribution in [0, 0.1) is 0 Å². The third-order valence-electron chi connectivity index (χ3n) is 2.20. The molecule has 0 aliphatic carbocycles. The molecule has 0 aromatic rings. The highest BCUT2D eigenvalue weighted by Gasteiger charge is 2.14. The van der Waals surface area contributed by atoms with E-state index in [4.69, 9.17) is 9.57 Å². The Bertz CT molecular complexity index is 113. The molecule has 1 fully saturated rings. The maximum absolute atomic E-state index is 5.52. The summed E-state index contributed by atoms with van der Waals surface area (Å²) < 4.78 is 5.52. The summed E-state index contributed by atoms with van der Waals surface area (Å²) in [6.45, 7) is 4.61. The Balaban J connectivity index is 2.05. The summed E-state index contributed by atoms with van der Waals surface area (Å²) in [6.07, 6.45) is 3.97. The highest BCUT2D eigenvalue weighted by atomic mass is 16.7. The lowest BCUT2D eigenvalue weighted by Gasteiger charge is -2.24.